The fraction of sp³-hybridized carbons (Fsp3) is 0.600. The highest BCUT2D eigenvalue weighted by molar-refractivity contribution is 7.94. The van der Waals surface area contributed by atoms with E-state index in [0.29, 0.717) is 18.1 Å². The van der Waals surface area contributed by atoms with Crippen LogP contribution in [0, 0.1) is 12.8 Å². The molecule has 0 aliphatic heterocycles. The third-order valence-corrected chi connectivity index (χ3v) is 6.56. The molecule has 1 aromatic carbocycles. The van der Waals surface area contributed by atoms with Crippen molar-refractivity contribution in [3.8, 4) is 0 Å². The number of halogens is 3. The lowest BCUT2D eigenvalue weighted by Crippen LogP contribution is -2.44. The molecule has 0 N–H and O–H groups in total. The number of anilines is 1. The van der Waals surface area contributed by atoms with Crippen LogP contribution in [0.1, 0.15) is 63.5 Å². The molecule has 1 amide bonds. The highest BCUT2D eigenvalue weighted by Crippen LogP contribution is 2.34. The summed E-state index contributed by atoms with van der Waals surface area (Å²) in [5, 5.41) is 4.10. The normalized spacial score (nSPS) is 16.4. The molecule has 0 unspecified atom stereocenters. The van der Waals surface area contributed by atoms with Gasteiger partial charge in [-0.25, -0.2) is 0 Å². The first-order valence-corrected chi connectivity index (χ1v) is 11.3. The molecule has 0 radical (unpaired) electrons. The van der Waals surface area contributed by atoms with Crippen LogP contribution in [0.2, 0.25) is 0 Å². The maximum Gasteiger partial charge on any atom is 0.517 e. The molecule has 6 nitrogen and oxygen atoms in total. The van der Waals surface area contributed by atoms with Crippen LogP contribution in [0.25, 0.3) is 0 Å². The topological polar surface area (TPSA) is 76.0 Å². The quantitative estimate of drug-likeness (QED) is 0.439. The lowest BCUT2D eigenvalue weighted by Gasteiger charge is -2.25. The SMILES string of the molecule is CC/C(=N\OCC1CCCCC1)c1cc(C)ccc1N(C(C)=O)S(=O)(=O)C(F)(F)F. The molecule has 30 heavy (non-hydrogen) atoms. The molecule has 1 fully saturated rings. The van der Waals surface area contributed by atoms with Crippen molar-refractivity contribution in [2.75, 3.05) is 10.9 Å². The number of carbonyl (C=O) groups is 1. The average Bonchev–Trinajstić information content (AvgIpc) is 2.66. The zero-order valence-corrected chi connectivity index (χ0v) is 18.1. The van der Waals surface area contributed by atoms with Gasteiger partial charge in [-0.2, -0.15) is 25.9 Å². The molecule has 1 aromatic rings. The highest BCUT2D eigenvalue weighted by atomic mass is 32.2. The predicted octanol–water partition coefficient (Wildman–Crippen LogP) is 4.91. The molecule has 0 saturated heterocycles. The monoisotopic (exact) mass is 448 g/mol. The summed E-state index contributed by atoms with van der Waals surface area (Å²) in [6.07, 6.45) is 5.80. The molecule has 2 rings (SSSR count). The van der Waals surface area contributed by atoms with Crippen LogP contribution in [-0.2, 0) is 19.7 Å². The second-order valence-electron chi connectivity index (χ2n) is 7.45. The van der Waals surface area contributed by atoms with Crippen LogP contribution in [0.3, 0.4) is 0 Å². The number of oxime groups is 1. The van der Waals surface area contributed by atoms with Gasteiger partial charge in [-0.05, 0) is 44.2 Å². The number of hydrogen-bond acceptors (Lipinski definition) is 5. The van der Waals surface area contributed by atoms with Crippen molar-refractivity contribution in [3.05, 3.63) is 29.3 Å². The van der Waals surface area contributed by atoms with Crippen molar-refractivity contribution < 1.29 is 31.2 Å². The molecule has 0 bridgehead atoms. The van der Waals surface area contributed by atoms with Gasteiger partial charge in [0.15, 0.2) is 0 Å². The molecule has 0 heterocycles. The van der Waals surface area contributed by atoms with Gasteiger partial charge in [0.25, 0.3) is 0 Å². The lowest BCUT2D eigenvalue weighted by molar-refractivity contribution is -0.115. The smallest absolute Gasteiger partial charge is 0.395 e. The van der Waals surface area contributed by atoms with Gasteiger partial charge in [0.1, 0.15) is 6.61 Å². The first-order valence-electron chi connectivity index (χ1n) is 9.91. The number of benzene rings is 1. The molecule has 10 heteroatoms. The van der Waals surface area contributed by atoms with Gasteiger partial charge >= 0.3 is 15.5 Å². The van der Waals surface area contributed by atoms with Gasteiger partial charge in [-0.3, -0.25) is 4.79 Å². The minimum atomic E-state index is -5.92. The first kappa shape index (κ1) is 24.2. The second-order valence-corrected chi connectivity index (χ2v) is 9.22. The third kappa shape index (κ3) is 5.53. The number of sulfonamides is 1. The number of rotatable bonds is 7. The second kappa shape index (κ2) is 9.80. The van der Waals surface area contributed by atoms with Crippen LogP contribution >= 0.6 is 0 Å². The number of carbonyl (C=O) groups excluding carboxylic acids is 1. The maximum absolute atomic E-state index is 13.2. The van der Waals surface area contributed by atoms with Crippen molar-refractivity contribution in [2.24, 2.45) is 11.1 Å². The van der Waals surface area contributed by atoms with E-state index in [9.17, 15) is 26.4 Å². The Balaban J connectivity index is 2.44. The Morgan fingerprint density at radius 3 is 2.40 bits per heavy atom. The third-order valence-electron chi connectivity index (χ3n) is 5.05. The van der Waals surface area contributed by atoms with E-state index in [2.05, 4.69) is 5.16 Å². The maximum atomic E-state index is 13.2. The van der Waals surface area contributed by atoms with Gasteiger partial charge in [0.05, 0.1) is 11.4 Å². The van der Waals surface area contributed by atoms with E-state index < -0.39 is 27.1 Å². The standard InChI is InChI=1S/C20H27F3N2O4S/c1-4-18(24-29-13-16-8-6-5-7-9-16)17-12-14(2)10-11-19(17)25(15(3)26)30(27,28)20(21,22)23/h10-12,16H,4-9,13H2,1-3H3/b24-18+. The predicted molar refractivity (Wildman–Crippen MR) is 109 cm³/mol. The first-order chi connectivity index (χ1) is 14.0. The van der Waals surface area contributed by atoms with Gasteiger partial charge in [0.2, 0.25) is 5.91 Å². The van der Waals surface area contributed by atoms with Crippen LogP contribution in [-0.4, -0.2) is 32.2 Å². The largest absolute Gasteiger partial charge is 0.517 e. The van der Waals surface area contributed by atoms with Crippen molar-refractivity contribution >= 4 is 27.3 Å². The van der Waals surface area contributed by atoms with Crippen molar-refractivity contribution in [2.45, 2.75) is 64.8 Å². The van der Waals surface area contributed by atoms with E-state index in [0.717, 1.165) is 32.6 Å². The summed E-state index contributed by atoms with van der Waals surface area (Å²) in [4.78, 5) is 17.5. The highest BCUT2D eigenvalue weighted by Gasteiger charge is 2.52. The molecule has 1 aliphatic rings. The van der Waals surface area contributed by atoms with Crippen LogP contribution in [0.5, 0.6) is 0 Å². The summed E-state index contributed by atoms with van der Waals surface area (Å²) in [6, 6.07) is 4.13. The van der Waals surface area contributed by atoms with Crippen molar-refractivity contribution in [1.82, 2.24) is 0 Å². The van der Waals surface area contributed by atoms with Gasteiger partial charge in [-0.1, -0.05) is 43.0 Å². The summed E-state index contributed by atoms with van der Waals surface area (Å²) >= 11 is 0. The molecule has 0 atom stereocenters. The summed E-state index contributed by atoms with van der Waals surface area (Å²) in [5.74, 6) is -0.895. The van der Waals surface area contributed by atoms with E-state index in [1.54, 1.807) is 13.8 Å². The van der Waals surface area contributed by atoms with Crippen molar-refractivity contribution in [1.29, 1.82) is 0 Å². The number of amides is 1. The fourth-order valence-electron chi connectivity index (χ4n) is 3.51. The van der Waals surface area contributed by atoms with Crippen LogP contribution in [0.4, 0.5) is 18.9 Å². The Morgan fingerprint density at radius 1 is 1.23 bits per heavy atom. The van der Waals surface area contributed by atoms with Gasteiger partial charge in [-0.15, -0.1) is 0 Å². The molecular formula is C20H27F3N2O4S. The van der Waals surface area contributed by atoms with E-state index >= 15 is 0 Å². The van der Waals surface area contributed by atoms with Gasteiger partial charge in [0, 0.05) is 12.5 Å². The summed E-state index contributed by atoms with van der Waals surface area (Å²) in [6.45, 7) is 4.60. The molecule has 1 saturated carbocycles. The Bertz CT molecular complexity index is 892. The zero-order chi connectivity index (χ0) is 22.5. The van der Waals surface area contributed by atoms with Gasteiger partial charge < -0.3 is 4.84 Å². The lowest BCUT2D eigenvalue weighted by atomic mass is 9.90. The number of hydrogen-bond donors (Lipinski definition) is 0. The Labute approximate surface area is 175 Å². The summed E-state index contributed by atoms with van der Waals surface area (Å²) < 4.78 is 63.5. The zero-order valence-electron chi connectivity index (χ0n) is 17.3. The molecular weight excluding hydrogens is 421 g/mol. The number of aryl methyl sites for hydroxylation is 1. The van der Waals surface area contributed by atoms with E-state index in [1.807, 2.05) is 0 Å². The van der Waals surface area contributed by atoms with E-state index in [-0.39, 0.29) is 22.0 Å². The Morgan fingerprint density at radius 2 is 1.87 bits per heavy atom. The van der Waals surface area contributed by atoms with Crippen LogP contribution < -0.4 is 4.31 Å². The summed E-state index contributed by atoms with van der Waals surface area (Å²) in [7, 11) is -5.92. The number of nitrogens with zero attached hydrogens (tertiary/aromatic N) is 2. The molecule has 0 spiro atoms. The van der Waals surface area contributed by atoms with Crippen LogP contribution in [0.15, 0.2) is 23.4 Å². The fourth-order valence-corrected chi connectivity index (χ4v) is 4.47. The van der Waals surface area contributed by atoms with E-state index in [4.69, 9.17) is 4.84 Å². The Hall–Kier alpha value is -2.10. The minimum absolute atomic E-state index is 0.115. The summed E-state index contributed by atoms with van der Waals surface area (Å²) in [5.41, 5.74) is -4.96. The average molecular weight is 449 g/mol. The number of alkyl halides is 3. The minimum Gasteiger partial charge on any atom is -0.395 e. The van der Waals surface area contributed by atoms with Crippen molar-refractivity contribution in [3.63, 3.8) is 0 Å². The molecule has 168 valence electrons. The van der Waals surface area contributed by atoms with E-state index in [1.165, 1.54) is 24.6 Å². The molecule has 0 aromatic heterocycles. The Kier molecular flexibility index (Phi) is 7.90. The molecule has 1 aliphatic carbocycles.